The first kappa shape index (κ1) is 22.8. The predicted octanol–water partition coefficient (Wildman–Crippen LogP) is 2.40. The molecule has 0 aliphatic heterocycles. The van der Waals surface area contributed by atoms with Crippen LogP contribution in [0.3, 0.4) is 0 Å². The van der Waals surface area contributed by atoms with Crippen LogP contribution in [0.5, 0.6) is 0 Å². The van der Waals surface area contributed by atoms with Gasteiger partial charge in [-0.3, -0.25) is 0 Å². The normalized spacial score (nSPS) is 19.8. The van der Waals surface area contributed by atoms with Crippen LogP contribution in [-0.2, 0) is 14.2 Å². The van der Waals surface area contributed by atoms with Gasteiger partial charge in [-0.15, -0.1) is 0 Å². The number of aliphatic hydroxyl groups excluding tert-OH is 2. The van der Waals surface area contributed by atoms with E-state index in [2.05, 4.69) is 6.92 Å². The van der Waals surface area contributed by atoms with Gasteiger partial charge in [0.1, 0.15) is 0 Å². The molecule has 0 spiro atoms. The molecule has 0 fully saturated rings. The van der Waals surface area contributed by atoms with Crippen LogP contribution in [-0.4, -0.2) is 53.5 Å². The Morgan fingerprint density at radius 3 is 1.83 bits per heavy atom. The summed E-state index contributed by atoms with van der Waals surface area (Å²) in [4.78, 5) is 0. The van der Waals surface area contributed by atoms with E-state index in [1.165, 1.54) is 13.8 Å². The predicted molar refractivity (Wildman–Crippen MR) is 88.7 cm³/mol. The van der Waals surface area contributed by atoms with Crippen LogP contribution >= 0.6 is 0 Å². The molecule has 0 heterocycles. The van der Waals surface area contributed by atoms with E-state index in [0.29, 0.717) is 6.42 Å². The Kier molecular flexibility index (Phi) is 11.2. The Hall–Kier alpha value is -0.240. The molecular weight excluding hydrogens is 300 g/mol. The van der Waals surface area contributed by atoms with Gasteiger partial charge < -0.3 is 29.5 Å². The molecule has 0 aliphatic carbocycles. The van der Waals surface area contributed by atoms with Crippen molar-refractivity contribution in [1.82, 2.24) is 0 Å². The molecule has 140 valence electrons. The molecule has 3 unspecified atom stereocenters. The van der Waals surface area contributed by atoms with Gasteiger partial charge >= 0.3 is 0 Å². The molecule has 0 amide bonds. The third-order valence-electron chi connectivity index (χ3n) is 3.57. The Bertz CT molecular complexity index is 279. The summed E-state index contributed by atoms with van der Waals surface area (Å²) in [5.41, 5.74) is -0.582. The standard InChI is InChI=1S/C17H36O6/c1-6-7-8-9-10-17(5,20)23-13-16(4,11-21-14(2)18)12-22-15(3)19/h14-15,18-20H,6-13H2,1-5H3. The highest BCUT2D eigenvalue weighted by Crippen LogP contribution is 2.24. The van der Waals surface area contributed by atoms with Gasteiger partial charge in [0, 0.05) is 11.8 Å². The summed E-state index contributed by atoms with van der Waals surface area (Å²) in [6.07, 6.45) is 3.06. The second-order valence-corrected chi connectivity index (χ2v) is 6.91. The van der Waals surface area contributed by atoms with Crippen molar-refractivity contribution in [1.29, 1.82) is 0 Å². The molecule has 3 N–H and O–H groups in total. The first-order valence-corrected chi connectivity index (χ1v) is 8.56. The molecule has 23 heavy (non-hydrogen) atoms. The fourth-order valence-electron chi connectivity index (χ4n) is 2.05. The van der Waals surface area contributed by atoms with Crippen LogP contribution in [0.4, 0.5) is 0 Å². The van der Waals surface area contributed by atoms with Crippen molar-refractivity contribution in [3.8, 4) is 0 Å². The summed E-state index contributed by atoms with van der Waals surface area (Å²) in [5.74, 6) is -1.20. The Morgan fingerprint density at radius 2 is 1.39 bits per heavy atom. The van der Waals surface area contributed by atoms with Crippen LogP contribution in [0.2, 0.25) is 0 Å². The minimum atomic E-state index is -1.20. The average molecular weight is 336 g/mol. The van der Waals surface area contributed by atoms with Crippen molar-refractivity contribution in [3.63, 3.8) is 0 Å². The highest BCUT2D eigenvalue weighted by atomic mass is 16.6. The van der Waals surface area contributed by atoms with Crippen molar-refractivity contribution < 1.29 is 29.5 Å². The first-order chi connectivity index (χ1) is 10.6. The molecule has 6 nitrogen and oxygen atoms in total. The maximum atomic E-state index is 10.3. The van der Waals surface area contributed by atoms with Gasteiger partial charge in [-0.2, -0.15) is 0 Å². The van der Waals surface area contributed by atoms with E-state index >= 15 is 0 Å². The van der Waals surface area contributed by atoms with E-state index in [9.17, 15) is 15.3 Å². The van der Waals surface area contributed by atoms with Gasteiger partial charge in [-0.1, -0.05) is 33.1 Å². The van der Waals surface area contributed by atoms with E-state index < -0.39 is 23.8 Å². The van der Waals surface area contributed by atoms with Gasteiger partial charge in [-0.05, 0) is 27.2 Å². The molecule has 0 rings (SSSR count). The van der Waals surface area contributed by atoms with Crippen molar-refractivity contribution in [2.24, 2.45) is 5.41 Å². The minimum absolute atomic E-state index is 0.198. The number of aliphatic hydroxyl groups is 3. The summed E-state index contributed by atoms with van der Waals surface area (Å²) in [5, 5.41) is 28.9. The number of hydrogen-bond donors (Lipinski definition) is 3. The molecule has 0 bridgehead atoms. The number of rotatable bonds is 14. The summed E-state index contributed by atoms with van der Waals surface area (Å²) in [6, 6.07) is 0. The lowest BCUT2D eigenvalue weighted by molar-refractivity contribution is -0.231. The fraction of sp³-hybridized carbons (Fsp3) is 1.00. The second-order valence-electron chi connectivity index (χ2n) is 6.91. The van der Waals surface area contributed by atoms with Crippen LogP contribution in [0.15, 0.2) is 0 Å². The fourth-order valence-corrected chi connectivity index (χ4v) is 2.05. The van der Waals surface area contributed by atoms with Crippen molar-refractivity contribution in [3.05, 3.63) is 0 Å². The van der Waals surface area contributed by atoms with Gasteiger partial charge in [0.2, 0.25) is 0 Å². The van der Waals surface area contributed by atoms with Crippen LogP contribution in [0.25, 0.3) is 0 Å². The Balaban J connectivity index is 4.43. The minimum Gasteiger partial charge on any atom is -0.368 e. The lowest BCUT2D eigenvalue weighted by Gasteiger charge is -2.34. The summed E-state index contributed by atoms with van der Waals surface area (Å²) < 4.78 is 16.2. The quantitative estimate of drug-likeness (QED) is 0.333. The van der Waals surface area contributed by atoms with E-state index in [1.54, 1.807) is 6.92 Å². The molecule has 0 aromatic carbocycles. The van der Waals surface area contributed by atoms with Gasteiger partial charge in [0.05, 0.1) is 19.8 Å². The molecule has 0 radical (unpaired) electrons. The molecule has 3 atom stereocenters. The molecule has 0 saturated heterocycles. The highest BCUT2D eigenvalue weighted by Gasteiger charge is 2.31. The maximum absolute atomic E-state index is 10.3. The largest absolute Gasteiger partial charge is 0.368 e. The zero-order valence-electron chi connectivity index (χ0n) is 15.4. The van der Waals surface area contributed by atoms with Crippen molar-refractivity contribution >= 4 is 0 Å². The molecular formula is C17H36O6. The molecule has 6 heteroatoms. The zero-order valence-corrected chi connectivity index (χ0v) is 15.4. The van der Waals surface area contributed by atoms with Gasteiger partial charge in [0.25, 0.3) is 0 Å². The van der Waals surface area contributed by atoms with Crippen molar-refractivity contribution in [2.45, 2.75) is 85.1 Å². The van der Waals surface area contributed by atoms with E-state index in [-0.39, 0.29) is 19.8 Å². The average Bonchev–Trinajstić information content (AvgIpc) is 2.46. The topological polar surface area (TPSA) is 88.4 Å². The molecule has 0 aliphatic rings. The molecule has 0 saturated carbocycles. The third kappa shape index (κ3) is 12.8. The maximum Gasteiger partial charge on any atom is 0.162 e. The smallest absolute Gasteiger partial charge is 0.162 e. The van der Waals surface area contributed by atoms with Crippen LogP contribution in [0, 0.1) is 5.41 Å². The lowest BCUT2D eigenvalue weighted by Crippen LogP contribution is -2.41. The van der Waals surface area contributed by atoms with Crippen LogP contribution < -0.4 is 0 Å². The second kappa shape index (κ2) is 11.3. The number of hydrogen-bond acceptors (Lipinski definition) is 6. The van der Waals surface area contributed by atoms with E-state index in [0.717, 1.165) is 25.7 Å². The van der Waals surface area contributed by atoms with Gasteiger partial charge in [0.15, 0.2) is 18.4 Å². The van der Waals surface area contributed by atoms with Gasteiger partial charge in [-0.25, -0.2) is 0 Å². The SMILES string of the molecule is CCCCCCC(C)(O)OCC(C)(COC(C)O)COC(C)O. The van der Waals surface area contributed by atoms with Crippen molar-refractivity contribution in [2.75, 3.05) is 19.8 Å². The first-order valence-electron chi connectivity index (χ1n) is 8.56. The van der Waals surface area contributed by atoms with E-state index in [1.807, 2.05) is 6.92 Å². The zero-order chi connectivity index (χ0) is 17.9. The molecule has 0 aromatic rings. The Labute approximate surface area is 140 Å². The van der Waals surface area contributed by atoms with Crippen LogP contribution in [0.1, 0.15) is 66.7 Å². The summed E-state index contributed by atoms with van der Waals surface area (Å²) in [7, 11) is 0. The lowest BCUT2D eigenvalue weighted by atomic mass is 9.94. The highest BCUT2D eigenvalue weighted by molar-refractivity contribution is 4.75. The third-order valence-corrected chi connectivity index (χ3v) is 3.57. The Morgan fingerprint density at radius 1 is 0.870 bits per heavy atom. The summed E-state index contributed by atoms with van der Waals surface area (Å²) >= 11 is 0. The number of ether oxygens (including phenoxy) is 3. The molecule has 0 aromatic heterocycles. The van der Waals surface area contributed by atoms with E-state index in [4.69, 9.17) is 14.2 Å². The number of unbranched alkanes of at least 4 members (excludes halogenated alkanes) is 3. The monoisotopic (exact) mass is 336 g/mol. The summed E-state index contributed by atoms with van der Waals surface area (Å²) in [6.45, 7) is 9.32.